The third kappa shape index (κ3) is 2.64. The zero-order valence-electron chi connectivity index (χ0n) is 10.8. The van der Waals surface area contributed by atoms with Crippen LogP contribution in [0.3, 0.4) is 0 Å². The molecule has 0 spiro atoms. The number of aryl methyl sites for hydroxylation is 1. The van der Waals surface area contributed by atoms with Crippen molar-refractivity contribution in [2.75, 3.05) is 7.11 Å². The fourth-order valence-corrected chi connectivity index (χ4v) is 2.15. The van der Waals surface area contributed by atoms with Crippen molar-refractivity contribution in [3.63, 3.8) is 0 Å². The van der Waals surface area contributed by atoms with Gasteiger partial charge in [-0.3, -0.25) is 4.79 Å². The third-order valence-corrected chi connectivity index (χ3v) is 3.25. The molecule has 5 heteroatoms. The van der Waals surface area contributed by atoms with E-state index in [2.05, 4.69) is 0 Å². The Labute approximate surface area is 116 Å². The van der Waals surface area contributed by atoms with Gasteiger partial charge in [-0.05, 0) is 24.3 Å². The third-order valence-electron chi connectivity index (χ3n) is 3.01. The molecule has 4 nitrogen and oxygen atoms in total. The van der Waals surface area contributed by atoms with Crippen molar-refractivity contribution in [2.45, 2.75) is 6.04 Å². The minimum atomic E-state index is -0.575. The summed E-state index contributed by atoms with van der Waals surface area (Å²) in [5.74, 6) is 0.614. The van der Waals surface area contributed by atoms with Crippen molar-refractivity contribution in [1.82, 2.24) is 4.57 Å². The second-order valence-corrected chi connectivity index (χ2v) is 4.68. The molecular formula is C14H15ClN2O2. The van der Waals surface area contributed by atoms with Crippen molar-refractivity contribution in [2.24, 2.45) is 12.8 Å². The number of pyridine rings is 1. The van der Waals surface area contributed by atoms with E-state index in [1.165, 1.54) is 4.57 Å². The highest BCUT2D eigenvalue weighted by Crippen LogP contribution is 2.29. The Kier molecular flexibility index (Phi) is 3.93. The molecule has 1 unspecified atom stereocenters. The summed E-state index contributed by atoms with van der Waals surface area (Å²) in [6, 6.07) is 8.11. The van der Waals surface area contributed by atoms with Gasteiger partial charge < -0.3 is 15.0 Å². The van der Waals surface area contributed by atoms with Crippen molar-refractivity contribution >= 4 is 11.6 Å². The molecule has 100 valence electrons. The molecule has 0 radical (unpaired) electrons. The van der Waals surface area contributed by atoms with Crippen LogP contribution in [0.5, 0.6) is 5.75 Å². The van der Waals surface area contributed by atoms with Crippen LogP contribution in [0.15, 0.2) is 41.3 Å². The van der Waals surface area contributed by atoms with Crippen LogP contribution in [0.4, 0.5) is 0 Å². The first-order chi connectivity index (χ1) is 9.04. The Bertz CT molecular complexity index is 652. The van der Waals surface area contributed by atoms with E-state index in [4.69, 9.17) is 22.1 Å². The van der Waals surface area contributed by atoms with Gasteiger partial charge in [-0.25, -0.2) is 0 Å². The Balaban J connectivity index is 2.55. The molecule has 0 aliphatic carbocycles. The topological polar surface area (TPSA) is 57.2 Å². The lowest BCUT2D eigenvalue weighted by Gasteiger charge is -2.16. The number of benzene rings is 1. The molecule has 0 aliphatic heterocycles. The van der Waals surface area contributed by atoms with Gasteiger partial charge in [0.15, 0.2) is 0 Å². The minimum absolute atomic E-state index is 0.128. The zero-order valence-corrected chi connectivity index (χ0v) is 11.5. The molecule has 0 saturated heterocycles. The monoisotopic (exact) mass is 278 g/mol. The lowest BCUT2D eigenvalue weighted by atomic mass is 10.00. The first-order valence-corrected chi connectivity index (χ1v) is 6.17. The summed E-state index contributed by atoms with van der Waals surface area (Å²) in [4.78, 5) is 12.1. The van der Waals surface area contributed by atoms with Crippen LogP contribution in [-0.4, -0.2) is 11.7 Å². The Hall–Kier alpha value is -1.78. The molecule has 1 heterocycles. The van der Waals surface area contributed by atoms with E-state index in [0.717, 1.165) is 0 Å². The van der Waals surface area contributed by atoms with Crippen LogP contribution in [0.2, 0.25) is 5.02 Å². The lowest BCUT2D eigenvalue weighted by molar-refractivity contribution is 0.407. The fourth-order valence-electron chi connectivity index (χ4n) is 1.97. The van der Waals surface area contributed by atoms with E-state index in [0.29, 0.717) is 21.9 Å². The maximum Gasteiger partial charge on any atom is 0.255 e. The minimum Gasteiger partial charge on any atom is -0.496 e. The molecule has 0 bridgehead atoms. The number of hydrogen-bond donors (Lipinski definition) is 1. The summed E-state index contributed by atoms with van der Waals surface area (Å²) in [5.41, 5.74) is 7.25. The largest absolute Gasteiger partial charge is 0.496 e. The Morgan fingerprint density at radius 3 is 2.74 bits per heavy atom. The Morgan fingerprint density at radius 1 is 1.32 bits per heavy atom. The molecule has 1 aromatic carbocycles. The Morgan fingerprint density at radius 2 is 2.05 bits per heavy atom. The zero-order chi connectivity index (χ0) is 14.0. The summed E-state index contributed by atoms with van der Waals surface area (Å²) >= 11 is 5.98. The molecule has 2 rings (SSSR count). The molecular weight excluding hydrogens is 264 g/mol. The van der Waals surface area contributed by atoms with E-state index in [9.17, 15) is 4.79 Å². The van der Waals surface area contributed by atoms with Crippen molar-refractivity contribution in [3.05, 3.63) is 63.0 Å². The molecule has 2 aromatic rings. The normalized spacial score (nSPS) is 12.2. The van der Waals surface area contributed by atoms with E-state index < -0.39 is 6.04 Å². The molecule has 2 N–H and O–H groups in total. The van der Waals surface area contributed by atoms with Gasteiger partial charge >= 0.3 is 0 Å². The first kappa shape index (κ1) is 13.6. The predicted octanol–water partition coefficient (Wildman–Crippen LogP) is 2.10. The van der Waals surface area contributed by atoms with Gasteiger partial charge in [0.25, 0.3) is 5.56 Å². The van der Waals surface area contributed by atoms with E-state index in [1.807, 2.05) is 0 Å². The molecule has 0 fully saturated rings. The van der Waals surface area contributed by atoms with Gasteiger partial charge in [0.1, 0.15) is 5.75 Å². The first-order valence-electron chi connectivity index (χ1n) is 5.79. The van der Waals surface area contributed by atoms with Crippen LogP contribution in [-0.2, 0) is 7.05 Å². The number of hydrogen-bond acceptors (Lipinski definition) is 3. The highest BCUT2D eigenvalue weighted by molar-refractivity contribution is 6.30. The second kappa shape index (κ2) is 5.47. The van der Waals surface area contributed by atoms with Crippen LogP contribution >= 0.6 is 11.6 Å². The summed E-state index contributed by atoms with van der Waals surface area (Å²) in [5, 5.41) is 0.555. The van der Waals surface area contributed by atoms with Gasteiger partial charge in [-0.1, -0.05) is 17.7 Å². The van der Waals surface area contributed by atoms with E-state index in [1.54, 1.807) is 50.7 Å². The summed E-state index contributed by atoms with van der Waals surface area (Å²) < 4.78 is 6.76. The molecule has 0 saturated carbocycles. The maximum atomic E-state index is 12.1. The maximum absolute atomic E-state index is 12.1. The molecule has 19 heavy (non-hydrogen) atoms. The standard InChI is InChI=1S/C14H15ClN2O2/c1-17-7-3-4-10(14(17)18)13(16)11-8-9(15)5-6-12(11)19-2/h3-8,13H,16H2,1-2H3. The number of aromatic nitrogens is 1. The number of nitrogens with two attached hydrogens (primary N) is 1. The molecule has 0 amide bonds. The number of rotatable bonds is 3. The highest BCUT2D eigenvalue weighted by atomic mass is 35.5. The van der Waals surface area contributed by atoms with Gasteiger partial charge in [-0.2, -0.15) is 0 Å². The van der Waals surface area contributed by atoms with Gasteiger partial charge in [0, 0.05) is 29.4 Å². The summed E-state index contributed by atoms with van der Waals surface area (Å²) in [7, 11) is 3.25. The van der Waals surface area contributed by atoms with Gasteiger partial charge in [0.05, 0.1) is 13.2 Å². The second-order valence-electron chi connectivity index (χ2n) is 4.24. The lowest BCUT2D eigenvalue weighted by Crippen LogP contribution is -2.26. The smallest absolute Gasteiger partial charge is 0.255 e. The van der Waals surface area contributed by atoms with Crippen molar-refractivity contribution in [3.8, 4) is 5.75 Å². The van der Waals surface area contributed by atoms with Crippen LogP contribution in [0.25, 0.3) is 0 Å². The quantitative estimate of drug-likeness (QED) is 0.935. The van der Waals surface area contributed by atoms with E-state index in [-0.39, 0.29) is 5.56 Å². The average Bonchev–Trinajstić information content (AvgIpc) is 2.41. The van der Waals surface area contributed by atoms with Crippen molar-refractivity contribution in [1.29, 1.82) is 0 Å². The van der Waals surface area contributed by atoms with Gasteiger partial charge in [0.2, 0.25) is 0 Å². The number of halogens is 1. The predicted molar refractivity (Wildman–Crippen MR) is 75.7 cm³/mol. The average molecular weight is 279 g/mol. The molecule has 1 atom stereocenters. The number of ether oxygens (including phenoxy) is 1. The molecule has 1 aromatic heterocycles. The van der Waals surface area contributed by atoms with Crippen LogP contribution in [0.1, 0.15) is 17.2 Å². The van der Waals surface area contributed by atoms with Crippen molar-refractivity contribution < 1.29 is 4.74 Å². The van der Waals surface area contributed by atoms with E-state index >= 15 is 0 Å². The fraction of sp³-hybridized carbons (Fsp3) is 0.214. The number of nitrogens with zero attached hydrogens (tertiary/aromatic N) is 1. The molecule has 0 aliphatic rings. The highest BCUT2D eigenvalue weighted by Gasteiger charge is 2.17. The van der Waals surface area contributed by atoms with Crippen LogP contribution in [0, 0.1) is 0 Å². The summed E-state index contributed by atoms with van der Waals surface area (Å²) in [6.07, 6.45) is 1.69. The van der Waals surface area contributed by atoms with Gasteiger partial charge in [-0.15, -0.1) is 0 Å². The summed E-state index contributed by atoms with van der Waals surface area (Å²) in [6.45, 7) is 0. The van der Waals surface area contributed by atoms with Crippen LogP contribution < -0.4 is 16.0 Å². The number of methoxy groups -OCH3 is 1. The SMILES string of the molecule is COc1ccc(Cl)cc1C(N)c1cccn(C)c1=O.